The van der Waals surface area contributed by atoms with Gasteiger partial charge in [-0.3, -0.25) is 9.48 Å². The Kier molecular flexibility index (Phi) is 2.64. The minimum Gasteiger partial charge on any atom is -0.497 e. The number of ether oxygens (including phenoxy) is 1. The van der Waals surface area contributed by atoms with E-state index in [4.69, 9.17) is 4.74 Å². The molecule has 4 heteroatoms. The fraction of sp³-hybridized carbons (Fsp3) is 0.333. The lowest BCUT2D eigenvalue weighted by Gasteiger charge is -2.02. The monoisotopic (exact) mass is 218 g/mol. The Hall–Kier alpha value is -1.84. The summed E-state index contributed by atoms with van der Waals surface area (Å²) in [5.41, 5.74) is 1.87. The third-order valence-corrected chi connectivity index (χ3v) is 2.52. The van der Waals surface area contributed by atoms with E-state index in [9.17, 15) is 4.79 Å². The number of ketones is 1. The Labute approximate surface area is 93.8 Å². The van der Waals surface area contributed by atoms with E-state index in [2.05, 4.69) is 5.10 Å². The van der Waals surface area contributed by atoms with Gasteiger partial charge in [0.05, 0.1) is 24.9 Å². The van der Waals surface area contributed by atoms with Gasteiger partial charge in [0.1, 0.15) is 5.75 Å². The summed E-state index contributed by atoms with van der Waals surface area (Å²) in [6, 6.07) is 5.76. The summed E-state index contributed by atoms with van der Waals surface area (Å²) in [5, 5.41) is 5.40. The van der Waals surface area contributed by atoms with E-state index < -0.39 is 0 Å². The van der Waals surface area contributed by atoms with Crippen molar-refractivity contribution in [3.05, 3.63) is 23.9 Å². The number of hydrogen-bond donors (Lipinski definition) is 0. The minimum absolute atomic E-state index is 0.0900. The van der Waals surface area contributed by atoms with E-state index in [-0.39, 0.29) is 5.78 Å². The van der Waals surface area contributed by atoms with Crippen LogP contribution in [0.1, 0.15) is 12.6 Å². The van der Waals surface area contributed by atoms with Crippen LogP contribution in [0, 0.1) is 6.92 Å². The lowest BCUT2D eigenvalue weighted by molar-refractivity contribution is -0.117. The van der Waals surface area contributed by atoms with Gasteiger partial charge in [-0.25, -0.2) is 0 Å². The molecule has 0 unspecified atom stereocenters. The quantitative estimate of drug-likeness (QED) is 0.790. The van der Waals surface area contributed by atoms with Gasteiger partial charge >= 0.3 is 0 Å². The van der Waals surface area contributed by atoms with Crippen LogP contribution in [0.25, 0.3) is 10.9 Å². The zero-order valence-electron chi connectivity index (χ0n) is 9.65. The number of nitrogens with zero attached hydrogens (tertiary/aromatic N) is 2. The largest absolute Gasteiger partial charge is 0.497 e. The van der Waals surface area contributed by atoms with Crippen molar-refractivity contribution in [2.75, 3.05) is 7.11 Å². The maximum Gasteiger partial charge on any atom is 0.151 e. The number of hydrogen-bond acceptors (Lipinski definition) is 3. The van der Waals surface area contributed by atoms with Crippen LogP contribution in [0.15, 0.2) is 18.2 Å². The third kappa shape index (κ3) is 1.78. The second kappa shape index (κ2) is 3.96. The number of aryl methyl sites for hydroxylation is 1. The topological polar surface area (TPSA) is 44.1 Å². The Morgan fingerprint density at radius 3 is 2.88 bits per heavy atom. The highest BCUT2D eigenvalue weighted by atomic mass is 16.5. The summed E-state index contributed by atoms with van der Waals surface area (Å²) < 4.78 is 6.88. The Morgan fingerprint density at radius 2 is 2.25 bits per heavy atom. The average molecular weight is 218 g/mol. The summed E-state index contributed by atoms with van der Waals surface area (Å²) in [5.74, 6) is 0.865. The van der Waals surface area contributed by atoms with Gasteiger partial charge in [0.15, 0.2) is 5.78 Å². The third-order valence-electron chi connectivity index (χ3n) is 2.52. The second-order valence-electron chi connectivity index (χ2n) is 3.83. The molecule has 0 amide bonds. The van der Waals surface area contributed by atoms with Gasteiger partial charge in [-0.05, 0) is 26.0 Å². The van der Waals surface area contributed by atoms with E-state index in [1.54, 1.807) is 18.7 Å². The normalized spacial score (nSPS) is 10.7. The molecule has 0 aliphatic carbocycles. The molecule has 0 N–H and O–H groups in total. The predicted octanol–water partition coefficient (Wildman–Crippen LogP) is 1.94. The smallest absolute Gasteiger partial charge is 0.151 e. The Morgan fingerprint density at radius 1 is 1.50 bits per heavy atom. The summed E-state index contributed by atoms with van der Waals surface area (Å²) in [4.78, 5) is 11.1. The van der Waals surface area contributed by atoms with E-state index in [1.165, 1.54) is 0 Å². The van der Waals surface area contributed by atoms with Crippen molar-refractivity contribution in [1.82, 2.24) is 9.78 Å². The molecule has 1 aromatic carbocycles. The number of carbonyl (C=O) groups is 1. The highest BCUT2D eigenvalue weighted by molar-refractivity contribution is 5.85. The summed E-state index contributed by atoms with van der Waals surface area (Å²) >= 11 is 0. The number of rotatable bonds is 3. The van der Waals surface area contributed by atoms with E-state index in [1.807, 2.05) is 25.1 Å². The van der Waals surface area contributed by atoms with E-state index >= 15 is 0 Å². The van der Waals surface area contributed by atoms with Crippen molar-refractivity contribution in [2.45, 2.75) is 20.4 Å². The molecular formula is C12H14N2O2. The van der Waals surface area contributed by atoms with Gasteiger partial charge in [0, 0.05) is 11.5 Å². The van der Waals surface area contributed by atoms with Crippen LogP contribution in [0.2, 0.25) is 0 Å². The minimum atomic E-state index is 0.0900. The Balaban J connectivity index is 2.60. The van der Waals surface area contributed by atoms with E-state index in [0.717, 1.165) is 22.3 Å². The predicted molar refractivity (Wildman–Crippen MR) is 61.7 cm³/mol. The maximum atomic E-state index is 11.1. The molecule has 0 saturated heterocycles. The zero-order chi connectivity index (χ0) is 11.7. The fourth-order valence-corrected chi connectivity index (χ4v) is 1.78. The first-order chi connectivity index (χ1) is 7.61. The molecule has 84 valence electrons. The van der Waals surface area contributed by atoms with Crippen molar-refractivity contribution in [3.63, 3.8) is 0 Å². The number of fused-ring (bicyclic) bond motifs is 1. The molecule has 2 rings (SSSR count). The number of carbonyl (C=O) groups excluding carboxylic acids is 1. The first-order valence-corrected chi connectivity index (χ1v) is 5.12. The molecule has 16 heavy (non-hydrogen) atoms. The molecule has 1 heterocycles. The molecule has 0 spiro atoms. The van der Waals surface area contributed by atoms with Gasteiger partial charge in [-0.15, -0.1) is 0 Å². The molecular weight excluding hydrogens is 204 g/mol. The molecule has 0 radical (unpaired) electrons. The van der Waals surface area contributed by atoms with Crippen molar-refractivity contribution < 1.29 is 9.53 Å². The second-order valence-corrected chi connectivity index (χ2v) is 3.83. The van der Waals surface area contributed by atoms with Crippen LogP contribution >= 0.6 is 0 Å². The van der Waals surface area contributed by atoms with Crippen LogP contribution in [-0.4, -0.2) is 22.7 Å². The Bertz CT molecular complexity index is 543. The standard InChI is InChI=1S/C12H14N2O2/c1-8(15)7-14-12-6-10(16-3)4-5-11(12)9(2)13-14/h4-6H,7H2,1-3H3. The van der Waals surface area contributed by atoms with Gasteiger partial charge in [-0.2, -0.15) is 5.10 Å². The van der Waals surface area contributed by atoms with Gasteiger partial charge < -0.3 is 4.74 Å². The highest BCUT2D eigenvalue weighted by Gasteiger charge is 2.09. The molecule has 0 aliphatic rings. The summed E-state index contributed by atoms with van der Waals surface area (Å²) in [6.07, 6.45) is 0. The first kappa shape index (κ1) is 10.7. The van der Waals surface area contributed by atoms with Crippen LogP contribution < -0.4 is 4.74 Å². The highest BCUT2D eigenvalue weighted by Crippen LogP contribution is 2.23. The number of methoxy groups -OCH3 is 1. The van der Waals surface area contributed by atoms with E-state index in [0.29, 0.717) is 6.54 Å². The fourth-order valence-electron chi connectivity index (χ4n) is 1.78. The van der Waals surface area contributed by atoms with Crippen molar-refractivity contribution in [3.8, 4) is 5.75 Å². The molecule has 0 fully saturated rings. The SMILES string of the molecule is COc1ccc2c(C)nn(CC(C)=O)c2c1. The van der Waals surface area contributed by atoms with Crippen molar-refractivity contribution >= 4 is 16.7 Å². The van der Waals surface area contributed by atoms with Crippen LogP contribution in [0.3, 0.4) is 0 Å². The number of aromatic nitrogens is 2. The molecule has 2 aromatic rings. The molecule has 0 aliphatic heterocycles. The van der Waals surface area contributed by atoms with Crippen LogP contribution in [0.4, 0.5) is 0 Å². The first-order valence-electron chi connectivity index (χ1n) is 5.12. The lowest BCUT2D eigenvalue weighted by atomic mass is 10.2. The summed E-state index contributed by atoms with van der Waals surface area (Å²) in [7, 11) is 1.62. The van der Waals surface area contributed by atoms with Crippen LogP contribution in [0.5, 0.6) is 5.75 Å². The molecule has 1 aromatic heterocycles. The molecule has 0 saturated carbocycles. The molecule has 4 nitrogen and oxygen atoms in total. The molecule has 0 bridgehead atoms. The van der Waals surface area contributed by atoms with Crippen molar-refractivity contribution in [1.29, 1.82) is 0 Å². The van der Waals surface area contributed by atoms with Crippen LogP contribution in [-0.2, 0) is 11.3 Å². The maximum absolute atomic E-state index is 11.1. The summed E-state index contributed by atoms with van der Waals surface area (Å²) in [6.45, 7) is 3.80. The van der Waals surface area contributed by atoms with Gasteiger partial charge in [0.25, 0.3) is 0 Å². The van der Waals surface area contributed by atoms with Gasteiger partial charge in [-0.1, -0.05) is 0 Å². The lowest BCUT2D eigenvalue weighted by Crippen LogP contribution is -2.07. The zero-order valence-corrected chi connectivity index (χ0v) is 9.65. The number of Topliss-reactive ketones (excluding diaryl/α,β-unsaturated/α-hetero) is 1. The van der Waals surface area contributed by atoms with Crippen molar-refractivity contribution in [2.24, 2.45) is 0 Å². The van der Waals surface area contributed by atoms with Gasteiger partial charge in [0.2, 0.25) is 0 Å². The molecule has 0 atom stereocenters. The average Bonchev–Trinajstić information content (AvgIpc) is 2.54. The number of benzene rings is 1.